The van der Waals surface area contributed by atoms with Crippen LogP contribution in [0.2, 0.25) is 0 Å². The van der Waals surface area contributed by atoms with Crippen molar-refractivity contribution in [2.24, 2.45) is 0 Å². The summed E-state index contributed by atoms with van der Waals surface area (Å²) in [5.74, 6) is 2.43. The van der Waals surface area contributed by atoms with E-state index in [4.69, 9.17) is 5.73 Å². The van der Waals surface area contributed by atoms with Gasteiger partial charge in [0.05, 0.1) is 5.52 Å². The zero-order valence-electron chi connectivity index (χ0n) is 7.98. The summed E-state index contributed by atoms with van der Waals surface area (Å²) in [5, 5.41) is 0. The van der Waals surface area contributed by atoms with E-state index in [1.807, 2.05) is 24.4 Å². The minimum Gasteiger partial charge on any atom is -0.382 e. The van der Waals surface area contributed by atoms with Gasteiger partial charge in [-0.3, -0.25) is 0 Å². The Morgan fingerprint density at radius 2 is 2.21 bits per heavy atom. The van der Waals surface area contributed by atoms with E-state index in [-0.39, 0.29) is 0 Å². The van der Waals surface area contributed by atoms with Crippen molar-refractivity contribution < 1.29 is 0 Å². The molecule has 0 aromatic carbocycles. The van der Waals surface area contributed by atoms with E-state index in [0.717, 1.165) is 11.3 Å². The number of imidazole rings is 1. The smallest absolute Gasteiger partial charge is 0.149 e. The Morgan fingerprint density at radius 1 is 1.36 bits per heavy atom. The molecular weight excluding hydrogens is 174 g/mol. The van der Waals surface area contributed by atoms with Crippen LogP contribution in [0.4, 0.5) is 5.82 Å². The quantitative estimate of drug-likeness (QED) is 0.743. The first-order valence-corrected chi connectivity index (χ1v) is 5.09. The standard InChI is InChI=1S/C11H13N3/c12-10-9-6-1-2-7-14(9)11(13-10)8-4-3-5-8/h1-2,6-8H,3-5,12H2. The summed E-state index contributed by atoms with van der Waals surface area (Å²) >= 11 is 0. The molecule has 0 radical (unpaired) electrons. The molecule has 0 aliphatic heterocycles. The Hall–Kier alpha value is -1.51. The van der Waals surface area contributed by atoms with Crippen molar-refractivity contribution in [3.8, 4) is 0 Å². The maximum atomic E-state index is 5.86. The molecule has 14 heavy (non-hydrogen) atoms. The fourth-order valence-corrected chi connectivity index (χ4v) is 2.04. The molecule has 1 aliphatic rings. The number of nitrogen functional groups attached to an aromatic ring is 1. The van der Waals surface area contributed by atoms with Crippen LogP contribution in [0.1, 0.15) is 31.0 Å². The van der Waals surface area contributed by atoms with Crippen LogP contribution in [0.25, 0.3) is 5.52 Å². The summed E-state index contributed by atoms with van der Waals surface area (Å²) in [6.45, 7) is 0. The summed E-state index contributed by atoms with van der Waals surface area (Å²) in [4.78, 5) is 4.45. The number of anilines is 1. The molecule has 1 saturated carbocycles. The molecule has 0 bridgehead atoms. The SMILES string of the molecule is Nc1nc(C2CCC2)n2ccccc12. The average Bonchev–Trinajstić information content (AvgIpc) is 2.43. The number of pyridine rings is 1. The molecule has 0 spiro atoms. The van der Waals surface area contributed by atoms with Crippen molar-refractivity contribution in [1.82, 2.24) is 9.38 Å². The van der Waals surface area contributed by atoms with Crippen LogP contribution < -0.4 is 5.73 Å². The molecular formula is C11H13N3. The average molecular weight is 187 g/mol. The Bertz CT molecular complexity index is 468. The van der Waals surface area contributed by atoms with Crippen molar-refractivity contribution in [1.29, 1.82) is 0 Å². The van der Waals surface area contributed by atoms with Crippen molar-refractivity contribution in [3.05, 3.63) is 30.2 Å². The van der Waals surface area contributed by atoms with Crippen LogP contribution in [-0.2, 0) is 0 Å². The first kappa shape index (κ1) is 7.85. The predicted molar refractivity (Wildman–Crippen MR) is 56.2 cm³/mol. The van der Waals surface area contributed by atoms with Crippen molar-refractivity contribution >= 4 is 11.3 Å². The first-order chi connectivity index (χ1) is 6.86. The van der Waals surface area contributed by atoms with Gasteiger partial charge < -0.3 is 10.1 Å². The molecule has 3 nitrogen and oxygen atoms in total. The number of hydrogen-bond donors (Lipinski definition) is 1. The molecule has 0 saturated heterocycles. The Morgan fingerprint density at radius 3 is 2.93 bits per heavy atom. The largest absolute Gasteiger partial charge is 0.382 e. The molecule has 2 N–H and O–H groups in total. The van der Waals surface area contributed by atoms with E-state index in [2.05, 4.69) is 9.38 Å². The highest BCUT2D eigenvalue weighted by atomic mass is 15.1. The van der Waals surface area contributed by atoms with Crippen LogP contribution >= 0.6 is 0 Å². The van der Waals surface area contributed by atoms with Crippen LogP contribution in [0.3, 0.4) is 0 Å². The van der Waals surface area contributed by atoms with E-state index in [1.165, 1.54) is 19.3 Å². The highest BCUT2D eigenvalue weighted by molar-refractivity contribution is 5.66. The number of rotatable bonds is 1. The topological polar surface area (TPSA) is 43.3 Å². The predicted octanol–water partition coefficient (Wildman–Crippen LogP) is 2.18. The van der Waals surface area contributed by atoms with Crippen LogP contribution in [-0.4, -0.2) is 9.38 Å². The van der Waals surface area contributed by atoms with E-state index < -0.39 is 0 Å². The zero-order valence-corrected chi connectivity index (χ0v) is 7.98. The lowest BCUT2D eigenvalue weighted by atomic mass is 9.85. The zero-order chi connectivity index (χ0) is 9.54. The lowest BCUT2D eigenvalue weighted by Gasteiger charge is -2.23. The summed E-state index contributed by atoms with van der Waals surface area (Å²) in [6.07, 6.45) is 5.89. The summed E-state index contributed by atoms with van der Waals surface area (Å²) in [7, 11) is 0. The fraction of sp³-hybridized carbons (Fsp3) is 0.364. The van der Waals surface area contributed by atoms with E-state index >= 15 is 0 Å². The number of nitrogens with zero attached hydrogens (tertiary/aromatic N) is 2. The van der Waals surface area contributed by atoms with Gasteiger partial charge >= 0.3 is 0 Å². The van der Waals surface area contributed by atoms with Gasteiger partial charge in [-0.05, 0) is 25.0 Å². The molecule has 0 amide bonds. The minimum atomic E-state index is 0.627. The highest BCUT2D eigenvalue weighted by Crippen LogP contribution is 2.36. The third-order valence-electron chi connectivity index (χ3n) is 3.07. The van der Waals surface area contributed by atoms with Gasteiger partial charge in [0.15, 0.2) is 0 Å². The van der Waals surface area contributed by atoms with E-state index in [0.29, 0.717) is 11.7 Å². The van der Waals surface area contributed by atoms with Gasteiger partial charge in [0, 0.05) is 12.1 Å². The van der Waals surface area contributed by atoms with Crippen LogP contribution in [0, 0.1) is 0 Å². The molecule has 2 aromatic rings. The van der Waals surface area contributed by atoms with Gasteiger partial charge in [-0.1, -0.05) is 12.5 Å². The molecule has 72 valence electrons. The second-order valence-electron chi connectivity index (χ2n) is 3.94. The van der Waals surface area contributed by atoms with Crippen molar-refractivity contribution in [2.45, 2.75) is 25.2 Å². The van der Waals surface area contributed by atoms with E-state index in [1.54, 1.807) is 0 Å². The van der Waals surface area contributed by atoms with Crippen molar-refractivity contribution in [2.75, 3.05) is 5.73 Å². The molecule has 2 aromatic heterocycles. The van der Waals surface area contributed by atoms with E-state index in [9.17, 15) is 0 Å². The van der Waals surface area contributed by atoms with Gasteiger partial charge in [-0.15, -0.1) is 0 Å². The molecule has 3 heteroatoms. The molecule has 3 rings (SSSR count). The molecule has 2 heterocycles. The lowest BCUT2D eigenvalue weighted by molar-refractivity contribution is 0.400. The summed E-state index contributed by atoms with van der Waals surface area (Å²) in [5.41, 5.74) is 6.90. The van der Waals surface area contributed by atoms with Gasteiger partial charge in [0.1, 0.15) is 11.6 Å². The lowest BCUT2D eigenvalue weighted by Crippen LogP contribution is -2.12. The third-order valence-corrected chi connectivity index (χ3v) is 3.07. The normalized spacial score (nSPS) is 17.1. The van der Waals surface area contributed by atoms with Gasteiger partial charge in [-0.2, -0.15) is 0 Å². The molecule has 1 fully saturated rings. The second-order valence-corrected chi connectivity index (χ2v) is 3.94. The van der Waals surface area contributed by atoms with Crippen LogP contribution in [0.5, 0.6) is 0 Å². The van der Waals surface area contributed by atoms with Gasteiger partial charge in [-0.25, -0.2) is 4.98 Å². The molecule has 1 aliphatic carbocycles. The number of hydrogen-bond acceptors (Lipinski definition) is 2. The Balaban J connectivity index is 2.23. The highest BCUT2D eigenvalue weighted by Gasteiger charge is 2.24. The monoisotopic (exact) mass is 187 g/mol. The fourth-order valence-electron chi connectivity index (χ4n) is 2.04. The number of aromatic nitrogens is 2. The summed E-state index contributed by atoms with van der Waals surface area (Å²) < 4.78 is 2.12. The van der Waals surface area contributed by atoms with Crippen LogP contribution in [0.15, 0.2) is 24.4 Å². The van der Waals surface area contributed by atoms with Crippen molar-refractivity contribution in [3.63, 3.8) is 0 Å². The molecule has 0 unspecified atom stereocenters. The third kappa shape index (κ3) is 0.953. The number of fused-ring (bicyclic) bond motifs is 1. The maximum Gasteiger partial charge on any atom is 0.149 e. The molecule has 0 atom stereocenters. The van der Waals surface area contributed by atoms with Gasteiger partial charge in [0.25, 0.3) is 0 Å². The minimum absolute atomic E-state index is 0.627. The number of nitrogens with two attached hydrogens (primary N) is 1. The van der Waals surface area contributed by atoms with Gasteiger partial charge in [0.2, 0.25) is 0 Å². The first-order valence-electron chi connectivity index (χ1n) is 5.09. The maximum absolute atomic E-state index is 5.86. The summed E-state index contributed by atoms with van der Waals surface area (Å²) in [6, 6.07) is 6.04. The Labute approximate surface area is 82.6 Å². The second kappa shape index (κ2) is 2.74. The Kier molecular flexibility index (Phi) is 1.54.